The Kier molecular flexibility index (Phi) is 4.38. The quantitative estimate of drug-likeness (QED) is 0.696. The number of hydrogen-bond donors (Lipinski definition) is 0. The molecule has 0 atom stereocenters. The van der Waals surface area contributed by atoms with Gasteiger partial charge in [-0.3, -0.25) is 4.90 Å². The molecule has 0 saturated carbocycles. The number of anilines is 1. The molecular formula is C15H12BrF3N. The average molecular weight is 343 g/mol. The first-order valence-corrected chi connectivity index (χ1v) is 6.67. The van der Waals surface area contributed by atoms with Gasteiger partial charge in [-0.05, 0) is 46.1 Å². The highest BCUT2D eigenvalue weighted by Crippen LogP contribution is 2.36. The fraction of sp³-hybridized carbons (Fsp3) is 0.133. The van der Waals surface area contributed by atoms with Gasteiger partial charge in [0, 0.05) is 4.47 Å². The van der Waals surface area contributed by atoms with Gasteiger partial charge in [0.2, 0.25) is 0 Å². The van der Waals surface area contributed by atoms with Crippen molar-refractivity contribution in [2.75, 3.05) is 4.90 Å². The van der Waals surface area contributed by atoms with Crippen molar-refractivity contribution >= 4 is 21.6 Å². The number of rotatable bonds is 3. The summed E-state index contributed by atoms with van der Waals surface area (Å²) in [6.45, 7) is 3.44. The van der Waals surface area contributed by atoms with Gasteiger partial charge in [0.1, 0.15) is 0 Å². The Morgan fingerprint density at radius 1 is 1.05 bits per heavy atom. The number of benzene rings is 2. The lowest BCUT2D eigenvalue weighted by atomic mass is 10.1. The molecule has 1 nitrogen and oxygen atoms in total. The van der Waals surface area contributed by atoms with E-state index in [-0.39, 0.29) is 12.2 Å². The van der Waals surface area contributed by atoms with Crippen molar-refractivity contribution in [1.29, 1.82) is 0 Å². The molecule has 0 aliphatic heterocycles. The van der Waals surface area contributed by atoms with E-state index in [2.05, 4.69) is 22.9 Å². The van der Waals surface area contributed by atoms with Crippen LogP contribution in [0.1, 0.15) is 11.1 Å². The highest BCUT2D eigenvalue weighted by atomic mass is 79.9. The zero-order valence-corrected chi connectivity index (χ0v) is 12.1. The van der Waals surface area contributed by atoms with Crippen molar-refractivity contribution in [3.05, 3.63) is 71.1 Å². The van der Waals surface area contributed by atoms with Crippen LogP contribution in [0.3, 0.4) is 0 Å². The summed E-state index contributed by atoms with van der Waals surface area (Å²) >= 11 is 3.17. The van der Waals surface area contributed by atoms with Gasteiger partial charge in [0.15, 0.2) is 0 Å². The van der Waals surface area contributed by atoms with E-state index < -0.39 is 6.30 Å². The fourth-order valence-corrected chi connectivity index (χ4v) is 2.30. The molecule has 0 fully saturated rings. The summed E-state index contributed by atoms with van der Waals surface area (Å²) in [6.07, 6.45) is -4.47. The summed E-state index contributed by atoms with van der Waals surface area (Å²) in [5.74, 6) is 0. The third-order valence-corrected chi connectivity index (χ3v) is 3.46. The number of halogens is 4. The molecule has 2 aromatic rings. The molecule has 0 aromatic heterocycles. The number of alkyl halides is 3. The molecule has 5 heteroatoms. The summed E-state index contributed by atoms with van der Waals surface area (Å²) in [7, 11) is 0. The summed E-state index contributed by atoms with van der Waals surface area (Å²) in [6, 6.07) is 13.2. The lowest BCUT2D eigenvalue weighted by Crippen LogP contribution is -2.37. The predicted molar refractivity (Wildman–Crippen MR) is 77.3 cm³/mol. The monoisotopic (exact) mass is 342 g/mol. The molecule has 0 amide bonds. The van der Waals surface area contributed by atoms with Crippen LogP contribution in [-0.4, -0.2) is 6.30 Å². The Morgan fingerprint density at radius 2 is 1.70 bits per heavy atom. The molecule has 105 valence electrons. The van der Waals surface area contributed by atoms with Crippen molar-refractivity contribution in [2.24, 2.45) is 0 Å². The minimum Gasteiger partial charge on any atom is -0.279 e. The first kappa shape index (κ1) is 14.9. The van der Waals surface area contributed by atoms with Crippen LogP contribution >= 0.6 is 15.9 Å². The molecule has 1 radical (unpaired) electrons. The Morgan fingerprint density at radius 3 is 2.30 bits per heavy atom. The summed E-state index contributed by atoms with van der Waals surface area (Å²) in [4.78, 5) is 0.404. The molecule has 20 heavy (non-hydrogen) atoms. The number of hydrogen-bond acceptors (Lipinski definition) is 1. The summed E-state index contributed by atoms with van der Waals surface area (Å²) in [5.41, 5.74) is 1.19. The molecule has 0 aliphatic rings. The van der Waals surface area contributed by atoms with E-state index in [1.54, 1.807) is 42.5 Å². The molecular weight excluding hydrogens is 331 g/mol. The lowest BCUT2D eigenvalue weighted by molar-refractivity contribution is -0.130. The minimum atomic E-state index is -4.47. The van der Waals surface area contributed by atoms with E-state index in [1.807, 2.05) is 0 Å². The topological polar surface area (TPSA) is 3.24 Å². The zero-order valence-electron chi connectivity index (χ0n) is 10.5. The van der Waals surface area contributed by atoms with Gasteiger partial charge < -0.3 is 0 Å². The van der Waals surface area contributed by atoms with Gasteiger partial charge in [-0.25, -0.2) is 0 Å². The maximum Gasteiger partial charge on any atom is 0.485 e. The van der Waals surface area contributed by atoms with Crippen molar-refractivity contribution in [3.63, 3.8) is 0 Å². The summed E-state index contributed by atoms with van der Waals surface area (Å²) < 4.78 is 40.3. The van der Waals surface area contributed by atoms with E-state index in [0.717, 1.165) is 0 Å². The van der Waals surface area contributed by atoms with Gasteiger partial charge >= 0.3 is 6.30 Å². The van der Waals surface area contributed by atoms with Crippen LogP contribution in [0, 0.1) is 6.92 Å². The first-order valence-electron chi connectivity index (χ1n) is 5.88. The van der Waals surface area contributed by atoms with Crippen LogP contribution in [0.5, 0.6) is 0 Å². The van der Waals surface area contributed by atoms with Gasteiger partial charge in [-0.1, -0.05) is 36.4 Å². The third kappa shape index (κ3) is 3.54. The standard InChI is InChI=1S/C15H12BrF3N/c1-11-7-8-13(16)14(9-11)20(15(17,18)19)10-12-5-3-2-4-6-12/h2-9H,1,10H2. The van der Waals surface area contributed by atoms with Crippen LogP contribution in [0.4, 0.5) is 18.9 Å². The Bertz CT molecular complexity index is 581. The molecule has 0 N–H and O–H groups in total. The fourth-order valence-electron chi connectivity index (χ4n) is 1.84. The Labute approximate surface area is 124 Å². The molecule has 0 saturated heterocycles. The SMILES string of the molecule is [CH2]c1ccc(Br)c(N(Cc2ccccc2)C(F)(F)F)c1. The highest BCUT2D eigenvalue weighted by Gasteiger charge is 2.38. The average Bonchev–Trinajstić information content (AvgIpc) is 2.39. The van der Waals surface area contributed by atoms with Crippen molar-refractivity contribution in [1.82, 2.24) is 0 Å². The predicted octanol–water partition coefficient (Wildman–Crippen LogP) is 5.16. The zero-order chi connectivity index (χ0) is 14.8. The first-order chi connectivity index (χ1) is 9.38. The molecule has 0 heterocycles. The van der Waals surface area contributed by atoms with Crippen LogP contribution in [0.25, 0.3) is 0 Å². The van der Waals surface area contributed by atoms with Crippen LogP contribution in [0.2, 0.25) is 0 Å². The van der Waals surface area contributed by atoms with Gasteiger partial charge in [0.05, 0.1) is 12.2 Å². The Hall–Kier alpha value is -1.49. The Balaban J connectivity index is 2.41. The molecule has 2 aromatic carbocycles. The second kappa shape index (κ2) is 5.87. The van der Waals surface area contributed by atoms with E-state index in [0.29, 0.717) is 20.5 Å². The van der Waals surface area contributed by atoms with Gasteiger partial charge in [0.25, 0.3) is 0 Å². The van der Waals surface area contributed by atoms with Gasteiger partial charge in [-0.15, -0.1) is 0 Å². The molecule has 0 bridgehead atoms. The largest absolute Gasteiger partial charge is 0.485 e. The van der Waals surface area contributed by atoms with Crippen molar-refractivity contribution in [3.8, 4) is 0 Å². The third-order valence-electron chi connectivity index (χ3n) is 2.79. The van der Waals surface area contributed by atoms with E-state index in [1.165, 1.54) is 6.07 Å². The minimum absolute atomic E-state index is 0.0638. The second-order valence-electron chi connectivity index (χ2n) is 4.33. The van der Waals surface area contributed by atoms with E-state index in [9.17, 15) is 13.2 Å². The van der Waals surface area contributed by atoms with E-state index >= 15 is 0 Å². The van der Waals surface area contributed by atoms with E-state index in [4.69, 9.17) is 0 Å². The summed E-state index contributed by atoms with van der Waals surface area (Å²) in [5, 5.41) is 0. The smallest absolute Gasteiger partial charge is 0.279 e. The van der Waals surface area contributed by atoms with Crippen molar-refractivity contribution in [2.45, 2.75) is 12.8 Å². The van der Waals surface area contributed by atoms with Crippen molar-refractivity contribution < 1.29 is 13.2 Å². The molecule has 2 rings (SSSR count). The van der Waals surface area contributed by atoms with Crippen LogP contribution in [-0.2, 0) is 6.54 Å². The van der Waals surface area contributed by atoms with Gasteiger partial charge in [-0.2, -0.15) is 13.2 Å². The number of nitrogens with zero attached hydrogens (tertiary/aromatic N) is 1. The maximum atomic E-state index is 13.3. The molecule has 0 aliphatic carbocycles. The lowest BCUT2D eigenvalue weighted by Gasteiger charge is -2.28. The highest BCUT2D eigenvalue weighted by molar-refractivity contribution is 9.10. The van der Waals surface area contributed by atoms with Crippen LogP contribution in [0.15, 0.2) is 53.0 Å². The maximum absolute atomic E-state index is 13.3. The van der Waals surface area contributed by atoms with Crippen LogP contribution < -0.4 is 4.90 Å². The molecule has 0 unspecified atom stereocenters. The normalized spacial score (nSPS) is 11.4. The molecule has 0 spiro atoms. The second-order valence-corrected chi connectivity index (χ2v) is 5.18.